The summed E-state index contributed by atoms with van der Waals surface area (Å²) < 4.78 is 0. The monoisotopic (exact) mass is 142 g/mol. The van der Waals surface area contributed by atoms with Gasteiger partial charge in [0, 0.05) is 0 Å². The van der Waals surface area contributed by atoms with Crippen LogP contribution in [-0.4, -0.2) is 22.3 Å². The van der Waals surface area contributed by atoms with Crippen LogP contribution < -0.4 is 11.5 Å². The lowest BCUT2D eigenvalue weighted by Gasteiger charge is -1.84. The summed E-state index contributed by atoms with van der Waals surface area (Å²) in [6, 6.07) is 0. The van der Waals surface area contributed by atoms with Crippen LogP contribution >= 0.6 is 0 Å². The largest absolute Gasteiger partial charge is 0.369 e. The number of nitrogens with zero attached hydrogens (tertiary/aromatic N) is 2. The van der Waals surface area contributed by atoms with Crippen LogP contribution in [0.25, 0.3) is 5.53 Å². The van der Waals surface area contributed by atoms with E-state index in [9.17, 15) is 9.59 Å². The molecule has 2 amide bonds. The van der Waals surface area contributed by atoms with Crippen LogP contribution in [-0.2, 0) is 9.59 Å². The van der Waals surface area contributed by atoms with Gasteiger partial charge in [-0.2, -0.15) is 4.79 Å². The standard InChI is InChI=1S/C4H6N4O2/c5-3(9)1-2(8-7)4(6)10/h1H2,(H2,5,9)(H2,6,10). The maximum absolute atomic E-state index is 10.2. The van der Waals surface area contributed by atoms with Crippen molar-refractivity contribution in [2.24, 2.45) is 11.5 Å². The van der Waals surface area contributed by atoms with Gasteiger partial charge >= 0.3 is 11.6 Å². The third-order valence-corrected chi connectivity index (χ3v) is 0.747. The van der Waals surface area contributed by atoms with E-state index >= 15 is 0 Å². The summed E-state index contributed by atoms with van der Waals surface area (Å²) in [5.74, 6) is -1.73. The van der Waals surface area contributed by atoms with Crippen LogP contribution in [0.15, 0.2) is 0 Å². The molecule has 0 aliphatic heterocycles. The molecule has 0 aromatic heterocycles. The Kier molecular flexibility index (Phi) is 2.80. The SMILES string of the molecule is [N-]=[N+]=C(CC(N)=O)C(N)=O. The van der Waals surface area contributed by atoms with E-state index in [2.05, 4.69) is 16.3 Å². The van der Waals surface area contributed by atoms with E-state index in [1.165, 1.54) is 0 Å². The van der Waals surface area contributed by atoms with Gasteiger partial charge in [-0.05, 0) is 0 Å². The Hall–Kier alpha value is -1.68. The van der Waals surface area contributed by atoms with E-state index in [0.717, 1.165) is 0 Å². The van der Waals surface area contributed by atoms with E-state index in [4.69, 9.17) is 5.53 Å². The molecular weight excluding hydrogens is 136 g/mol. The van der Waals surface area contributed by atoms with Gasteiger partial charge in [-0.25, -0.2) is 0 Å². The quantitative estimate of drug-likeness (QED) is 0.269. The van der Waals surface area contributed by atoms with Gasteiger partial charge in [-0.3, -0.25) is 9.59 Å². The summed E-state index contributed by atoms with van der Waals surface area (Å²) in [6.45, 7) is 0. The molecule has 0 aromatic carbocycles. The maximum atomic E-state index is 10.2. The lowest BCUT2D eigenvalue weighted by molar-refractivity contribution is -0.121. The second-order valence-electron chi connectivity index (χ2n) is 1.55. The molecule has 10 heavy (non-hydrogen) atoms. The molecule has 0 aliphatic carbocycles. The fourth-order valence-electron chi connectivity index (χ4n) is 0.337. The highest BCUT2D eigenvalue weighted by Gasteiger charge is 2.18. The van der Waals surface area contributed by atoms with Gasteiger partial charge in [0.05, 0.1) is 0 Å². The zero-order valence-corrected chi connectivity index (χ0v) is 5.07. The molecule has 0 saturated heterocycles. The van der Waals surface area contributed by atoms with Crippen LogP contribution in [0.3, 0.4) is 0 Å². The number of nitrogens with two attached hydrogens (primary N) is 2. The average molecular weight is 142 g/mol. The normalized spacial score (nSPS) is 8.00. The summed E-state index contributed by atoms with van der Waals surface area (Å²) in [4.78, 5) is 22.8. The predicted molar refractivity (Wildman–Crippen MR) is 31.6 cm³/mol. The van der Waals surface area contributed by atoms with Crippen molar-refractivity contribution < 1.29 is 14.4 Å². The minimum absolute atomic E-state index is 0.437. The highest BCUT2D eigenvalue weighted by molar-refractivity contribution is 6.38. The number of primary amides is 2. The first-order chi connectivity index (χ1) is 4.57. The first-order valence-electron chi connectivity index (χ1n) is 2.37. The summed E-state index contributed by atoms with van der Waals surface area (Å²) in [6.07, 6.45) is -0.439. The van der Waals surface area contributed by atoms with Crippen molar-refractivity contribution in [3.05, 3.63) is 5.53 Å². The number of carbonyl (C=O) groups is 2. The molecule has 0 radical (unpaired) electrons. The van der Waals surface area contributed by atoms with Gasteiger partial charge in [-0.15, -0.1) is 0 Å². The van der Waals surface area contributed by atoms with Gasteiger partial charge in [0.2, 0.25) is 5.91 Å². The second-order valence-corrected chi connectivity index (χ2v) is 1.55. The molecule has 4 N–H and O–H groups in total. The highest BCUT2D eigenvalue weighted by Crippen LogP contribution is 1.78. The van der Waals surface area contributed by atoms with Crippen molar-refractivity contribution >= 4 is 17.5 Å². The molecule has 6 heteroatoms. The lowest BCUT2D eigenvalue weighted by atomic mass is 10.2. The predicted octanol–water partition coefficient (Wildman–Crippen LogP) is -1.98. The fraction of sp³-hybridized carbons (Fsp3) is 0.250. The average Bonchev–Trinajstić information content (AvgIpc) is 1.81. The van der Waals surface area contributed by atoms with Crippen LogP contribution in [0.5, 0.6) is 0 Å². The zero-order valence-electron chi connectivity index (χ0n) is 5.07. The summed E-state index contributed by atoms with van der Waals surface area (Å²) in [7, 11) is 0. The first kappa shape index (κ1) is 8.32. The molecule has 0 bridgehead atoms. The molecule has 0 aliphatic rings. The van der Waals surface area contributed by atoms with E-state index < -0.39 is 23.9 Å². The summed E-state index contributed by atoms with van der Waals surface area (Å²) in [5, 5.41) is 0. The van der Waals surface area contributed by atoms with Gasteiger partial charge in [-0.1, -0.05) is 0 Å². The minimum Gasteiger partial charge on any atom is -0.369 e. The third-order valence-electron chi connectivity index (χ3n) is 0.747. The molecule has 54 valence electrons. The molecule has 0 fully saturated rings. The van der Waals surface area contributed by atoms with Gasteiger partial charge < -0.3 is 17.0 Å². The highest BCUT2D eigenvalue weighted by atomic mass is 16.2. The molecule has 0 rings (SSSR count). The molecule has 0 saturated carbocycles. The first-order valence-corrected chi connectivity index (χ1v) is 2.37. The summed E-state index contributed by atoms with van der Waals surface area (Å²) >= 11 is 0. The van der Waals surface area contributed by atoms with Crippen molar-refractivity contribution in [3.63, 3.8) is 0 Å². The number of amides is 2. The van der Waals surface area contributed by atoms with Gasteiger partial charge in [0.1, 0.15) is 6.42 Å². The minimum atomic E-state index is -0.957. The van der Waals surface area contributed by atoms with Gasteiger partial charge in [0.15, 0.2) is 0 Å². The molecular formula is C4H6N4O2. The topological polar surface area (TPSA) is 123 Å². The third kappa shape index (κ3) is 2.58. The number of carbonyl (C=O) groups excluding carboxylic acids is 2. The van der Waals surface area contributed by atoms with Crippen molar-refractivity contribution in [3.8, 4) is 0 Å². The van der Waals surface area contributed by atoms with Crippen molar-refractivity contribution in [1.82, 2.24) is 0 Å². The molecule has 0 atom stereocenters. The number of hydrogen-bond donors (Lipinski definition) is 2. The Morgan fingerprint density at radius 2 is 1.90 bits per heavy atom. The molecule has 6 nitrogen and oxygen atoms in total. The van der Waals surface area contributed by atoms with Crippen LogP contribution in [0, 0.1) is 0 Å². The Balaban J connectivity index is 4.27. The number of hydrogen-bond acceptors (Lipinski definition) is 2. The van der Waals surface area contributed by atoms with E-state index in [1.807, 2.05) is 0 Å². The molecule has 0 heterocycles. The number of rotatable bonds is 3. The van der Waals surface area contributed by atoms with Crippen LogP contribution in [0.2, 0.25) is 0 Å². The fourth-order valence-corrected chi connectivity index (χ4v) is 0.337. The van der Waals surface area contributed by atoms with Crippen molar-refractivity contribution in [1.29, 1.82) is 0 Å². The smallest absolute Gasteiger partial charge is 0.364 e. The molecule has 0 unspecified atom stereocenters. The Labute approximate surface area is 56.4 Å². The Morgan fingerprint density at radius 3 is 2.00 bits per heavy atom. The van der Waals surface area contributed by atoms with E-state index in [1.54, 1.807) is 0 Å². The van der Waals surface area contributed by atoms with Crippen LogP contribution in [0.4, 0.5) is 0 Å². The summed E-state index contributed by atoms with van der Waals surface area (Å²) in [5.41, 5.74) is 16.9. The maximum Gasteiger partial charge on any atom is 0.364 e. The molecule has 0 spiro atoms. The lowest BCUT2D eigenvalue weighted by Crippen LogP contribution is -2.29. The van der Waals surface area contributed by atoms with Gasteiger partial charge in [0.25, 0.3) is 0 Å². The van der Waals surface area contributed by atoms with Crippen LogP contribution in [0.1, 0.15) is 6.42 Å². The van der Waals surface area contributed by atoms with E-state index in [-0.39, 0.29) is 0 Å². The van der Waals surface area contributed by atoms with Crippen molar-refractivity contribution in [2.45, 2.75) is 6.42 Å². The Bertz CT molecular complexity index is 215. The van der Waals surface area contributed by atoms with Crippen molar-refractivity contribution in [2.75, 3.05) is 0 Å². The molecule has 0 aromatic rings. The second kappa shape index (κ2) is 3.37. The Morgan fingerprint density at radius 1 is 1.40 bits per heavy atom. The zero-order chi connectivity index (χ0) is 8.15. The van der Waals surface area contributed by atoms with E-state index in [0.29, 0.717) is 0 Å².